The van der Waals surface area contributed by atoms with Crippen molar-refractivity contribution in [1.29, 1.82) is 0 Å². The van der Waals surface area contributed by atoms with Crippen LogP contribution in [0.15, 0.2) is 36.0 Å². The van der Waals surface area contributed by atoms with Gasteiger partial charge < -0.3 is 9.90 Å². The molecule has 152 valence electrons. The van der Waals surface area contributed by atoms with Gasteiger partial charge in [-0.15, -0.1) is 0 Å². The van der Waals surface area contributed by atoms with Crippen LogP contribution in [0, 0.1) is 5.92 Å². The molecule has 2 unspecified atom stereocenters. The van der Waals surface area contributed by atoms with Crippen molar-refractivity contribution in [2.75, 3.05) is 0 Å². The summed E-state index contributed by atoms with van der Waals surface area (Å²) in [5, 5.41) is 11.3. The van der Waals surface area contributed by atoms with Crippen LogP contribution < -0.4 is 5.11 Å². The van der Waals surface area contributed by atoms with Crippen molar-refractivity contribution in [3.05, 3.63) is 36.0 Å². The molecule has 2 atom stereocenters. The zero-order chi connectivity index (χ0) is 21.3. The zero-order valence-corrected chi connectivity index (χ0v) is 15.2. The number of rotatable bonds is 3. The topological polar surface area (TPSA) is 40.1 Å². The van der Waals surface area contributed by atoms with Crippen LogP contribution in [-0.2, 0) is 4.79 Å². The van der Waals surface area contributed by atoms with E-state index in [0.717, 1.165) is 34.7 Å². The van der Waals surface area contributed by atoms with Crippen LogP contribution in [-0.4, -0.2) is 38.7 Å². The number of carboxylic acid groups (broad SMARTS) is 1. The second kappa shape index (κ2) is 5.89. The molecule has 2 aliphatic rings. The average Bonchev–Trinajstić information content (AvgIpc) is 2.57. The molecule has 0 amide bonds. The summed E-state index contributed by atoms with van der Waals surface area (Å²) >= 11 is 0.962. The number of hydrogen-bond donors (Lipinski definition) is 0. The minimum atomic E-state index is -6.75. The number of halogens is 10. The zero-order valence-electron chi connectivity index (χ0n) is 13.1. The van der Waals surface area contributed by atoms with Gasteiger partial charge in [0.25, 0.3) is 5.67 Å². The Labute approximate surface area is 159 Å². The Kier molecular flexibility index (Phi) is 4.82. The predicted octanol–water partition coefficient (Wildman–Crippen LogP) is 3.86. The summed E-state index contributed by atoms with van der Waals surface area (Å²) in [6.45, 7) is 1.17. The molecule has 0 aromatic rings. The maximum Gasteiger partial charge on any atom is 0.382 e. The molecule has 1 saturated carbocycles. The maximum atomic E-state index is 15.2. The lowest BCUT2D eigenvalue weighted by Crippen LogP contribution is -2.61. The van der Waals surface area contributed by atoms with Gasteiger partial charge in [-0.1, -0.05) is 53.0 Å². The Balaban J connectivity index is 2.90. The van der Waals surface area contributed by atoms with Crippen LogP contribution in [0.2, 0.25) is 0 Å². The second-order valence-corrected chi connectivity index (χ2v) is 7.77. The minimum absolute atomic E-state index is 0.172. The largest absolute Gasteiger partial charge is 0.549 e. The molecule has 0 aliphatic heterocycles. The second-order valence-electron chi connectivity index (χ2n) is 5.99. The lowest BCUT2D eigenvalue weighted by atomic mass is 9.72. The molecule has 0 saturated heterocycles. The van der Waals surface area contributed by atoms with E-state index >= 15 is 4.39 Å². The summed E-state index contributed by atoms with van der Waals surface area (Å²) < 4.78 is 123. The van der Waals surface area contributed by atoms with E-state index in [9.17, 15) is 45.0 Å². The number of carbonyl (C=O) groups is 1. The van der Waals surface area contributed by atoms with Crippen LogP contribution in [0.25, 0.3) is 0 Å². The molecule has 27 heavy (non-hydrogen) atoms. The van der Waals surface area contributed by atoms with Gasteiger partial charge in [0.05, 0.1) is 9.39 Å². The fraction of sp³-hybridized carbons (Fsp3) is 0.533. The van der Waals surface area contributed by atoms with Crippen molar-refractivity contribution in [1.82, 2.24) is 0 Å². The van der Waals surface area contributed by atoms with E-state index in [2.05, 4.69) is 0 Å². The number of allylic oxidation sites excluding steroid dienone is 5. The fourth-order valence-electron chi connectivity index (χ4n) is 3.13. The van der Waals surface area contributed by atoms with Crippen molar-refractivity contribution in [3.8, 4) is 0 Å². The molecule has 0 aromatic heterocycles. The van der Waals surface area contributed by atoms with Gasteiger partial charge >= 0.3 is 23.7 Å². The highest BCUT2D eigenvalue weighted by Crippen LogP contribution is 2.72. The van der Waals surface area contributed by atoms with Crippen LogP contribution >= 0.6 is 22.6 Å². The molecule has 0 bridgehead atoms. The van der Waals surface area contributed by atoms with E-state index in [0.29, 0.717) is 12.2 Å². The molecule has 0 spiro atoms. The average molecular weight is 519 g/mol. The number of carboxylic acids is 1. The van der Waals surface area contributed by atoms with Gasteiger partial charge in [-0.2, -0.15) is 35.1 Å². The van der Waals surface area contributed by atoms with Gasteiger partial charge in [0.15, 0.2) is 0 Å². The summed E-state index contributed by atoms with van der Waals surface area (Å²) in [6, 6.07) is 0. The third kappa shape index (κ3) is 2.24. The van der Waals surface area contributed by atoms with E-state index < -0.39 is 50.2 Å². The highest BCUT2D eigenvalue weighted by atomic mass is 127. The highest BCUT2D eigenvalue weighted by molar-refractivity contribution is 14.1. The lowest BCUT2D eigenvalue weighted by Gasteiger charge is -2.44. The lowest BCUT2D eigenvalue weighted by molar-refractivity contribution is -0.310. The Hall–Kier alpha value is -1.21. The standard InChI is InChI=1S/C15H10F9IO2/c1-2-6-10(25)7(9(26)27)4-3-5-8(10)11(16)12(17,18)14(21,22)15(23,24)13(11,19)20/h2-7H,1H3,(H,26,27)/p-1. The molecule has 0 radical (unpaired) electrons. The monoisotopic (exact) mass is 519 g/mol. The summed E-state index contributed by atoms with van der Waals surface area (Å²) in [5.74, 6) is -30.7. The van der Waals surface area contributed by atoms with Gasteiger partial charge in [-0.3, -0.25) is 0 Å². The van der Waals surface area contributed by atoms with Crippen LogP contribution in [0.4, 0.5) is 39.5 Å². The van der Waals surface area contributed by atoms with Crippen molar-refractivity contribution in [2.45, 2.75) is 39.7 Å². The van der Waals surface area contributed by atoms with Crippen molar-refractivity contribution in [2.24, 2.45) is 5.92 Å². The molecule has 0 N–H and O–H groups in total. The van der Waals surface area contributed by atoms with Crippen LogP contribution in [0.5, 0.6) is 0 Å². The van der Waals surface area contributed by atoms with Crippen LogP contribution in [0.3, 0.4) is 0 Å². The number of carbonyl (C=O) groups excluding carboxylic acids is 1. The normalized spacial score (nSPS) is 35.2. The minimum Gasteiger partial charge on any atom is -0.549 e. The van der Waals surface area contributed by atoms with Gasteiger partial charge in [0, 0.05) is 11.5 Å². The first-order valence-electron chi connectivity index (χ1n) is 7.11. The number of aliphatic carboxylic acids is 1. The Morgan fingerprint density at radius 3 is 1.81 bits per heavy atom. The summed E-state index contributed by atoms with van der Waals surface area (Å²) in [5.41, 5.74) is -7.82. The first-order chi connectivity index (χ1) is 12.0. The number of hydrogen-bond acceptors (Lipinski definition) is 2. The summed E-state index contributed by atoms with van der Waals surface area (Å²) in [4.78, 5) is 11.3. The third-order valence-corrected chi connectivity index (χ3v) is 6.13. The molecule has 1 fully saturated rings. The third-order valence-electron chi connectivity index (χ3n) is 4.51. The van der Waals surface area contributed by atoms with Crippen molar-refractivity contribution < 1.29 is 49.4 Å². The van der Waals surface area contributed by atoms with E-state index in [-0.39, 0.29) is 6.08 Å². The molecule has 0 aromatic carbocycles. The molecule has 0 heterocycles. The predicted molar refractivity (Wildman–Crippen MR) is 80.9 cm³/mol. The first kappa shape index (κ1) is 22.1. The smallest absolute Gasteiger partial charge is 0.382 e. The Morgan fingerprint density at radius 2 is 1.44 bits per heavy atom. The summed E-state index contributed by atoms with van der Waals surface area (Å²) in [6.07, 6.45) is 3.05. The molecule has 2 rings (SSSR count). The van der Waals surface area contributed by atoms with E-state index in [1.807, 2.05) is 0 Å². The van der Waals surface area contributed by atoms with E-state index in [1.165, 1.54) is 6.92 Å². The quantitative estimate of drug-likeness (QED) is 0.246. The molecule has 12 heteroatoms. The Bertz CT molecular complexity index is 730. The molecule has 2 aliphatic carbocycles. The fourth-order valence-corrected chi connectivity index (χ4v) is 4.50. The van der Waals surface area contributed by atoms with E-state index in [4.69, 9.17) is 0 Å². The van der Waals surface area contributed by atoms with Gasteiger partial charge in [0.2, 0.25) is 0 Å². The molecular weight excluding hydrogens is 510 g/mol. The van der Waals surface area contributed by atoms with Gasteiger partial charge in [-0.05, 0) is 6.92 Å². The first-order valence-corrected chi connectivity index (χ1v) is 8.19. The number of alkyl halides is 10. The Morgan fingerprint density at radius 1 is 1.00 bits per heavy atom. The van der Waals surface area contributed by atoms with Gasteiger partial charge in [0.1, 0.15) is 0 Å². The van der Waals surface area contributed by atoms with E-state index in [1.54, 1.807) is 0 Å². The summed E-state index contributed by atoms with van der Waals surface area (Å²) in [7, 11) is 0. The van der Waals surface area contributed by atoms with Crippen molar-refractivity contribution >= 4 is 28.6 Å². The maximum absolute atomic E-state index is 15.2. The van der Waals surface area contributed by atoms with Crippen LogP contribution in [0.1, 0.15) is 6.92 Å². The van der Waals surface area contributed by atoms with Crippen molar-refractivity contribution in [3.63, 3.8) is 0 Å². The van der Waals surface area contributed by atoms with Gasteiger partial charge in [-0.25, -0.2) is 4.39 Å². The highest BCUT2D eigenvalue weighted by Gasteiger charge is 3.01. The molecule has 2 nitrogen and oxygen atoms in total. The SMILES string of the molecule is CC=CC1(I)C(C2(F)C(F)(F)C(F)(F)C(F)(F)C2(F)F)=CC=CC1C(=O)[O-]. The molecular formula is C15H9F9IO2-.